The third-order valence-electron chi connectivity index (χ3n) is 3.45. The molecule has 0 spiro atoms. The lowest BCUT2D eigenvalue weighted by molar-refractivity contribution is 0.242. The van der Waals surface area contributed by atoms with Crippen LogP contribution in [0.5, 0.6) is 5.75 Å². The third-order valence-corrected chi connectivity index (χ3v) is 3.45. The van der Waals surface area contributed by atoms with Crippen LogP contribution in [0.3, 0.4) is 0 Å². The van der Waals surface area contributed by atoms with E-state index < -0.39 is 0 Å². The van der Waals surface area contributed by atoms with Crippen LogP contribution >= 0.6 is 0 Å². The number of rotatable bonds is 2. The molecule has 0 saturated heterocycles. The van der Waals surface area contributed by atoms with Gasteiger partial charge >= 0.3 is 0 Å². The van der Waals surface area contributed by atoms with Gasteiger partial charge in [0.25, 0.3) is 0 Å². The van der Waals surface area contributed by atoms with Crippen LogP contribution in [-0.2, 0) is 6.42 Å². The van der Waals surface area contributed by atoms with Gasteiger partial charge in [0.1, 0.15) is 11.9 Å². The Morgan fingerprint density at radius 1 is 1.17 bits per heavy atom. The fraction of sp³-hybridized carbons (Fsp3) is 0.250. The number of aryl methyl sites for hydroxylation is 1. The molecule has 0 aromatic heterocycles. The van der Waals surface area contributed by atoms with Crippen molar-refractivity contribution in [3.05, 3.63) is 53.6 Å². The van der Waals surface area contributed by atoms with Crippen molar-refractivity contribution < 1.29 is 4.74 Å². The van der Waals surface area contributed by atoms with Crippen LogP contribution in [0.4, 0.5) is 0 Å². The Labute approximate surface area is 107 Å². The minimum absolute atomic E-state index is 0.131. The average molecular weight is 239 g/mol. The summed E-state index contributed by atoms with van der Waals surface area (Å²) in [6, 6.07) is 14.9. The quantitative estimate of drug-likeness (QED) is 0.874. The van der Waals surface area contributed by atoms with Crippen molar-refractivity contribution in [3.8, 4) is 16.9 Å². The maximum absolute atomic E-state index is 5.95. The predicted molar refractivity (Wildman–Crippen MR) is 73.8 cm³/mol. The van der Waals surface area contributed by atoms with E-state index in [1.807, 2.05) is 0 Å². The third kappa shape index (κ3) is 1.89. The number of para-hydroxylation sites is 1. The Morgan fingerprint density at radius 3 is 2.67 bits per heavy atom. The van der Waals surface area contributed by atoms with E-state index in [0.717, 1.165) is 12.2 Å². The maximum Gasteiger partial charge on any atom is 0.130 e. The molecule has 0 bridgehead atoms. The Morgan fingerprint density at radius 2 is 1.94 bits per heavy atom. The molecule has 0 unspecified atom stereocenters. The molecule has 0 saturated carbocycles. The standard InChI is InChI=1S/C16H17NO/c1-11-5-7-12(8-6-11)15-4-2-3-13-9-14(10-17)18-16(13)15/h2-8,14H,9-10,17H2,1H3/t14-/m0/s1. The molecule has 1 atom stereocenters. The van der Waals surface area contributed by atoms with Crippen molar-refractivity contribution in [1.82, 2.24) is 0 Å². The largest absolute Gasteiger partial charge is 0.488 e. The van der Waals surface area contributed by atoms with Crippen molar-refractivity contribution in [2.24, 2.45) is 5.73 Å². The average Bonchev–Trinajstić information content (AvgIpc) is 2.82. The van der Waals surface area contributed by atoms with E-state index in [2.05, 4.69) is 49.4 Å². The number of hydrogen-bond donors (Lipinski definition) is 1. The Balaban J connectivity index is 2.05. The number of fused-ring (bicyclic) bond motifs is 1. The van der Waals surface area contributed by atoms with Crippen LogP contribution in [0.25, 0.3) is 11.1 Å². The summed E-state index contributed by atoms with van der Waals surface area (Å²) in [5.74, 6) is 1.01. The number of benzene rings is 2. The predicted octanol–water partition coefficient (Wildman–Crippen LogP) is 2.92. The molecule has 3 rings (SSSR count). The highest BCUT2D eigenvalue weighted by Crippen LogP contribution is 2.38. The van der Waals surface area contributed by atoms with Crippen LogP contribution < -0.4 is 10.5 Å². The summed E-state index contributed by atoms with van der Waals surface area (Å²) in [5, 5.41) is 0. The lowest BCUT2D eigenvalue weighted by atomic mass is 10.00. The maximum atomic E-state index is 5.95. The Hall–Kier alpha value is -1.80. The van der Waals surface area contributed by atoms with Gasteiger partial charge in [0.05, 0.1) is 0 Å². The first-order valence-electron chi connectivity index (χ1n) is 6.33. The summed E-state index contributed by atoms with van der Waals surface area (Å²) in [5.41, 5.74) is 10.6. The second-order valence-corrected chi connectivity index (χ2v) is 4.84. The minimum Gasteiger partial charge on any atom is -0.488 e. The SMILES string of the molecule is Cc1ccc(-c2cccc3c2O[C@H](CN)C3)cc1. The molecule has 2 heteroatoms. The molecule has 1 heterocycles. The molecule has 0 radical (unpaired) electrons. The monoisotopic (exact) mass is 239 g/mol. The van der Waals surface area contributed by atoms with E-state index in [1.54, 1.807) is 0 Å². The fourth-order valence-electron chi connectivity index (χ4n) is 2.43. The molecule has 2 aromatic carbocycles. The van der Waals surface area contributed by atoms with Gasteiger partial charge in [0.2, 0.25) is 0 Å². The van der Waals surface area contributed by atoms with Gasteiger partial charge in [0, 0.05) is 18.5 Å². The Bertz CT molecular complexity index is 560. The first-order valence-corrected chi connectivity index (χ1v) is 6.33. The van der Waals surface area contributed by atoms with Gasteiger partial charge in [0.15, 0.2) is 0 Å². The number of nitrogens with two attached hydrogens (primary N) is 1. The highest BCUT2D eigenvalue weighted by atomic mass is 16.5. The summed E-state index contributed by atoms with van der Waals surface area (Å²) in [7, 11) is 0. The van der Waals surface area contributed by atoms with Gasteiger partial charge in [-0.1, -0.05) is 48.0 Å². The van der Waals surface area contributed by atoms with Crippen LogP contribution in [0, 0.1) is 6.92 Å². The summed E-state index contributed by atoms with van der Waals surface area (Å²) in [6.07, 6.45) is 1.05. The van der Waals surface area contributed by atoms with Crippen LogP contribution in [-0.4, -0.2) is 12.6 Å². The number of hydrogen-bond acceptors (Lipinski definition) is 2. The lowest BCUT2D eigenvalue weighted by Gasteiger charge is -2.11. The molecular formula is C16H17NO. The fourth-order valence-corrected chi connectivity index (χ4v) is 2.43. The topological polar surface area (TPSA) is 35.2 Å². The molecule has 18 heavy (non-hydrogen) atoms. The second kappa shape index (κ2) is 4.46. The molecule has 0 fully saturated rings. The number of ether oxygens (including phenoxy) is 1. The van der Waals surface area contributed by atoms with E-state index in [9.17, 15) is 0 Å². The van der Waals surface area contributed by atoms with Crippen molar-refractivity contribution in [3.63, 3.8) is 0 Å². The lowest BCUT2D eigenvalue weighted by Crippen LogP contribution is -2.24. The molecule has 2 nitrogen and oxygen atoms in total. The first-order chi connectivity index (χ1) is 8.78. The second-order valence-electron chi connectivity index (χ2n) is 4.84. The van der Waals surface area contributed by atoms with Crippen LogP contribution in [0.1, 0.15) is 11.1 Å². The molecule has 1 aliphatic rings. The van der Waals surface area contributed by atoms with Crippen molar-refractivity contribution >= 4 is 0 Å². The van der Waals surface area contributed by atoms with E-state index >= 15 is 0 Å². The summed E-state index contributed by atoms with van der Waals surface area (Å²) < 4.78 is 5.95. The molecule has 0 aliphatic carbocycles. The smallest absolute Gasteiger partial charge is 0.130 e. The highest BCUT2D eigenvalue weighted by molar-refractivity contribution is 5.73. The normalized spacial score (nSPS) is 17.3. The summed E-state index contributed by atoms with van der Waals surface area (Å²) >= 11 is 0. The molecule has 2 N–H and O–H groups in total. The van der Waals surface area contributed by atoms with Gasteiger partial charge in [-0.15, -0.1) is 0 Å². The molecular weight excluding hydrogens is 222 g/mol. The van der Waals surface area contributed by atoms with Gasteiger partial charge in [-0.05, 0) is 18.1 Å². The zero-order chi connectivity index (χ0) is 12.5. The highest BCUT2D eigenvalue weighted by Gasteiger charge is 2.24. The van der Waals surface area contributed by atoms with E-state index in [1.165, 1.54) is 22.3 Å². The molecule has 2 aromatic rings. The van der Waals surface area contributed by atoms with E-state index in [4.69, 9.17) is 10.5 Å². The van der Waals surface area contributed by atoms with Crippen molar-refractivity contribution in [2.45, 2.75) is 19.4 Å². The van der Waals surface area contributed by atoms with Gasteiger partial charge in [-0.3, -0.25) is 0 Å². The zero-order valence-corrected chi connectivity index (χ0v) is 10.5. The Kier molecular flexibility index (Phi) is 2.80. The molecule has 92 valence electrons. The summed E-state index contributed by atoms with van der Waals surface area (Å²) in [6.45, 7) is 2.67. The van der Waals surface area contributed by atoms with Crippen molar-refractivity contribution in [2.75, 3.05) is 6.54 Å². The van der Waals surface area contributed by atoms with E-state index in [-0.39, 0.29) is 6.10 Å². The first kappa shape index (κ1) is 11.3. The van der Waals surface area contributed by atoms with Gasteiger partial charge in [-0.2, -0.15) is 0 Å². The summed E-state index contributed by atoms with van der Waals surface area (Å²) in [4.78, 5) is 0. The minimum atomic E-state index is 0.131. The van der Waals surface area contributed by atoms with Gasteiger partial charge < -0.3 is 10.5 Å². The molecule has 0 amide bonds. The zero-order valence-electron chi connectivity index (χ0n) is 10.5. The molecule has 1 aliphatic heterocycles. The van der Waals surface area contributed by atoms with Gasteiger partial charge in [-0.25, -0.2) is 0 Å². The van der Waals surface area contributed by atoms with E-state index in [0.29, 0.717) is 6.54 Å². The van der Waals surface area contributed by atoms with Crippen LogP contribution in [0.2, 0.25) is 0 Å². The van der Waals surface area contributed by atoms with Crippen LogP contribution in [0.15, 0.2) is 42.5 Å². The van der Waals surface area contributed by atoms with Crippen molar-refractivity contribution in [1.29, 1.82) is 0 Å².